The number of likely N-dealkylation sites (N-methyl/N-ethyl adjacent to an activating group) is 1. The molecule has 0 amide bonds. The molecule has 8 aromatic rings. The first-order valence-electron chi connectivity index (χ1n) is 49.0. The first-order valence-corrected chi connectivity index (χ1v) is 49.8. The highest BCUT2D eigenvalue weighted by molar-refractivity contribution is 7.16. The molecule has 9 saturated heterocycles. The lowest BCUT2D eigenvalue weighted by Gasteiger charge is -2.39. The fraction of sp³-hybridized carbons (Fsp3) is 0.593. The lowest BCUT2D eigenvalue weighted by atomic mass is 9.89. The average Bonchev–Trinajstić information content (AvgIpc) is 1.68. The first-order chi connectivity index (χ1) is 61.1. The molecule has 17 rings (SSSR count). The van der Waals surface area contributed by atoms with E-state index >= 15 is 0 Å². The van der Waals surface area contributed by atoms with Crippen LogP contribution in [0.5, 0.6) is 0 Å². The fourth-order valence-corrected chi connectivity index (χ4v) is 19.8. The van der Waals surface area contributed by atoms with Crippen LogP contribution in [-0.4, -0.2) is 281 Å². The second-order valence-corrected chi connectivity index (χ2v) is 38.9. The number of aromatic nitrogens is 4. The van der Waals surface area contributed by atoms with Gasteiger partial charge in [0.15, 0.2) is 0 Å². The van der Waals surface area contributed by atoms with Crippen LogP contribution in [0.4, 0.5) is 22.2 Å². The van der Waals surface area contributed by atoms with Gasteiger partial charge in [0.05, 0.1) is 41.1 Å². The van der Waals surface area contributed by atoms with Gasteiger partial charge in [-0.15, -0.1) is 17.9 Å². The van der Waals surface area contributed by atoms with Gasteiger partial charge >= 0.3 is 0 Å². The standard InChI is InChI=1S/C15H24N2.C15H23NO.C15H21N.C14H21N.C13H22N4.C13H20N2.C12H18N2S.C11H17N3/c1-4-14(3)16-9-11-17(12-10-16)15-7-5-13(2)6-8-15;1-13-3-5-14(6-4-13)15-7-9-16(10-8-15)11-12-17-2;1-3-10-16-11-8-15(9-12-16)14-6-4-13(2)5-7-14;1-3-15-10-8-14(9-11-15)13-6-4-12(2)5-7-13;1-11(2)16-5-4-6-17(8-7-16)13-10-14-12(3)9-15-13;1-3-14-8-10-15(11-9-14)13-6-4-12(2)5-7-13;1-10-4-5-12(15-10)14-8-7-13-6-2-3-11(13)9-14;1-9-7-13-11(8-12-9)10-3-5-14(2)6-4-10/h5-8,14H,4,9-12H2,1-3H3;3-6,15H,7-12H2,1-2H3;3-7,15H,1,8-12H2,2H3;4-7,14H,3,8-11H2,1-2H3;9-11H,4-8H2,1-3H3;4-7H,3,8-11H2,1-2H3;4-5,11H,2-3,6-9H2,1H3;7-8,10H,3-6H2,1-2H3. The monoisotopic (exact) mass is 1740 g/mol. The molecular weight excluding hydrogens is 1570 g/mol. The van der Waals surface area contributed by atoms with E-state index in [0.717, 1.165) is 113 Å². The maximum atomic E-state index is 5.13. The largest absolute Gasteiger partial charge is 0.383 e. The topological polar surface area (TPSA) is 99.7 Å². The van der Waals surface area contributed by atoms with Gasteiger partial charge in [-0.25, -0.2) is 4.98 Å². The number of anilines is 4. The number of piperidine rings is 4. The van der Waals surface area contributed by atoms with Crippen molar-refractivity contribution in [2.24, 2.45) is 0 Å². The van der Waals surface area contributed by atoms with Gasteiger partial charge in [-0.2, -0.15) is 0 Å². The number of rotatable bonds is 18. The molecule has 0 spiro atoms. The van der Waals surface area contributed by atoms with Crippen LogP contribution in [-0.2, 0) is 4.74 Å². The predicted octanol–water partition coefficient (Wildman–Crippen LogP) is 20.1. The zero-order valence-corrected chi connectivity index (χ0v) is 82.1. The molecule has 0 N–H and O–H groups in total. The van der Waals surface area contributed by atoms with Gasteiger partial charge in [0.2, 0.25) is 0 Å². The van der Waals surface area contributed by atoms with E-state index in [0.29, 0.717) is 12.0 Å². The summed E-state index contributed by atoms with van der Waals surface area (Å²) in [6, 6.07) is 51.7. The lowest BCUT2D eigenvalue weighted by molar-refractivity contribution is 0.130. The number of aryl methyl sites for hydroxylation is 8. The Bertz CT molecular complexity index is 4150. The maximum absolute atomic E-state index is 5.13. The summed E-state index contributed by atoms with van der Waals surface area (Å²) in [5, 5.41) is 1.47. The number of ether oxygens (including phenoxy) is 1. The van der Waals surface area contributed by atoms with E-state index in [1.807, 2.05) is 56.0 Å². The lowest BCUT2D eigenvalue weighted by Crippen LogP contribution is -2.49. The minimum atomic E-state index is 0.624. The van der Waals surface area contributed by atoms with Crippen LogP contribution < -0.4 is 19.6 Å². The number of nitrogens with zero attached hydrogens (tertiary/aromatic N) is 16. The molecule has 18 heteroatoms. The summed E-state index contributed by atoms with van der Waals surface area (Å²) in [5.74, 6) is 3.96. The van der Waals surface area contributed by atoms with Gasteiger partial charge in [0, 0.05) is 171 Å². The number of methoxy groups -OCH3 is 1. The molecule has 0 saturated carbocycles. The minimum absolute atomic E-state index is 0.624. The number of thiophene rings is 1. The van der Waals surface area contributed by atoms with Crippen LogP contribution in [0.2, 0.25) is 0 Å². The van der Waals surface area contributed by atoms with Crippen molar-refractivity contribution in [3.05, 3.63) is 237 Å². The third-order valence-corrected chi connectivity index (χ3v) is 29.0. The molecule has 17 nitrogen and oxygen atoms in total. The number of hydrogen-bond donors (Lipinski definition) is 0. The minimum Gasteiger partial charge on any atom is -0.383 e. The zero-order valence-electron chi connectivity index (χ0n) is 81.3. The van der Waals surface area contributed by atoms with Crippen molar-refractivity contribution in [2.45, 2.75) is 216 Å². The third kappa shape index (κ3) is 33.8. The number of benzene rings is 5. The Kier molecular flexibility index (Phi) is 43.3. The summed E-state index contributed by atoms with van der Waals surface area (Å²) in [5.41, 5.74) is 17.2. The molecular formula is C108H166N16OS. The molecule has 12 heterocycles. The smallest absolute Gasteiger partial charge is 0.147 e. The Hall–Kier alpha value is -7.46. The molecule has 9 fully saturated rings. The third-order valence-electron chi connectivity index (χ3n) is 27.9. The van der Waals surface area contributed by atoms with Gasteiger partial charge in [-0.1, -0.05) is 152 Å². The zero-order chi connectivity index (χ0) is 89.5. The second kappa shape index (κ2) is 54.3. The van der Waals surface area contributed by atoms with Gasteiger partial charge in [0.25, 0.3) is 0 Å². The normalized spacial score (nSPS) is 19.8. The Morgan fingerprint density at radius 1 is 0.405 bits per heavy atom. The Morgan fingerprint density at radius 2 is 0.849 bits per heavy atom. The van der Waals surface area contributed by atoms with E-state index in [1.165, 1.54) is 273 Å². The highest BCUT2D eigenvalue weighted by Crippen LogP contribution is 2.34. The predicted molar refractivity (Wildman–Crippen MR) is 539 cm³/mol. The first kappa shape index (κ1) is 101. The van der Waals surface area contributed by atoms with Gasteiger partial charge in [-0.05, 0) is 303 Å². The molecule has 9 aliphatic heterocycles. The number of piperazine rings is 3. The van der Waals surface area contributed by atoms with Gasteiger partial charge in [-0.3, -0.25) is 34.6 Å². The SMILES string of the molecule is C=CCN1CCC(c2ccc(C)cc2)CC1.CCC(C)N1CCN(c2ccc(C)cc2)CC1.CCN1CCC(c2ccc(C)cc2)CC1.CCN1CCN(c2ccc(C)cc2)CC1.COCCN1CCC(c2ccc(C)cc2)CC1.Cc1ccc(N2CCN3CCCC3C2)s1.Cc1cnc(C2CCN(C)CC2)cn1.Cc1cnc(N2CCCN(C(C)C)CC2)cn1. The molecule has 0 aliphatic carbocycles. The molecule has 690 valence electrons. The van der Waals surface area contributed by atoms with E-state index in [2.05, 4.69) is 309 Å². The van der Waals surface area contributed by atoms with Crippen molar-refractivity contribution in [1.29, 1.82) is 0 Å². The Morgan fingerprint density at radius 3 is 1.29 bits per heavy atom. The highest BCUT2D eigenvalue weighted by Gasteiger charge is 2.32. The Balaban J connectivity index is 0.000000150. The summed E-state index contributed by atoms with van der Waals surface area (Å²) >= 11 is 1.94. The van der Waals surface area contributed by atoms with E-state index in [-0.39, 0.29) is 0 Å². The van der Waals surface area contributed by atoms with Gasteiger partial charge in [0.1, 0.15) is 5.82 Å². The van der Waals surface area contributed by atoms with Crippen molar-refractivity contribution in [3.8, 4) is 0 Å². The molecule has 9 aliphatic rings. The summed E-state index contributed by atoms with van der Waals surface area (Å²) in [6.07, 6.45) is 25.1. The van der Waals surface area contributed by atoms with Crippen molar-refractivity contribution in [2.75, 3.05) is 224 Å². The summed E-state index contributed by atoms with van der Waals surface area (Å²) < 4.78 is 5.13. The molecule has 2 atom stereocenters. The molecule has 0 bridgehead atoms. The van der Waals surface area contributed by atoms with Gasteiger partial charge < -0.3 is 43.9 Å². The highest BCUT2D eigenvalue weighted by atomic mass is 32.1. The van der Waals surface area contributed by atoms with Crippen LogP contribution in [0.15, 0.2) is 171 Å². The van der Waals surface area contributed by atoms with Crippen molar-refractivity contribution < 1.29 is 4.74 Å². The van der Waals surface area contributed by atoms with E-state index in [1.54, 1.807) is 7.11 Å². The molecule has 0 radical (unpaired) electrons. The van der Waals surface area contributed by atoms with E-state index < -0.39 is 0 Å². The molecule has 2 unspecified atom stereocenters. The average molecular weight is 1740 g/mol. The second-order valence-electron chi connectivity index (χ2n) is 37.6. The molecule has 126 heavy (non-hydrogen) atoms. The van der Waals surface area contributed by atoms with Crippen LogP contribution >= 0.6 is 11.3 Å². The van der Waals surface area contributed by atoms with Crippen molar-refractivity contribution in [1.82, 2.24) is 59.1 Å². The van der Waals surface area contributed by atoms with Crippen LogP contribution in [0, 0.1) is 55.4 Å². The number of fused-ring (bicyclic) bond motifs is 1. The number of likely N-dealkylation sites (tertiary alicyclic amines) is 4. The van der Waals surface area contributed by atoms with Crippen LogP contribution in [0.1, 0.15) is 209 Å². The van der Waals surface area contributed by atoms with Crippen molar-refractivity contribution >= 4 is 33.5 Å². The fourth-order valence-electron chi connectivity index (χ4n) is 18.9. The maximum Gasteiger partial charge on any atom is 0.147 e. The summed E-state index contributed by atoms with van der Waals surface area (Å²) in [4.78, 5) is 49.1. The summed E-state index contributed by atoms with van der Waals surface area (Å²) in [6.45, 7) is 68.4. The quantitative estimate of drug-likeness (QED) is 0.0761. The molecule has 5 aromatic carbocycles. The Labute approximate surface area is 769 Å². The molecule has 3 aromatic heterocycles. The number of hydrogen-bond acceptors (Lipinski definition) is 18. The van der Waals surface area contributed by atoms with Crippen molar-refractivity contribution in [3.63, 3.8) is 0 Å². The summed E-state index contributed by atoms with van der Waals surface area (Å²) in [7, 11) is 3.95. The van der Waals surface area contributed by atoms with Crippen LogP contribution in [0.25, 0.3) is 0 Å². The van der Waals surface area contributed by atoms with E-state index in [4.69, 9.17) is 4.74 Å². The van der Waals surface area contributed by atoms with E-state index in [9.17, 15) is 0 Å². The van der Waals surface area contributed by atoms with Crippen LogP contribution in [0.3, 0.4) is 0 Å².